The second-order valence-electron chi connectivity index (χ2n) is 2.66. The molecule has 0 saturated carbocycles. The number of aliphatic hydroxyl groups excluding tert-OH is 1. The van der Waals surface area contributed by atoms with E-state index in [1.165, 1.54) is 6.07 Å². The van der Waals surface area contributed by atoms with Crippen molar-refractivity contribution in [1.29, 1.82) is 0 Å². The predicted octanol–water partition coefficient (Wildman–Crippen LogP) is 0.905. The lowest BCUT2D eigenvalue weighted by molar-refractivity contribution is 0.0804. The van der Waals surface area contributed by atoms with Crippen LogP contribution in [0, 0.1) is 0 Å². The molecule has 0 aliphatic rings. The molecule has 0 aliphatic carbocycles. The molecule has 0 bridgehead atoms. The number of nitrogen functional groups attached to an aromatic ring is 1. The number of halogens is 1. The number of phenols is 1. The maximum absolute atomic E-state index is 9.34. The molecular formula is C9H14ClNO3. The summed E-state index contributed by atoms with van der Waals surface area (Å²) in [5.41, 5.74) is 6.73. The number of phenolic OH excluding ortho intramolecular Hbond substituents is 1. The largest absolute Gasteiger partial charge is 0.508 e. The van der Waals surface area contributed by atoms with Gasteiger partial charge in [0.25, 0.3) is 0 Å². The molecule has 0 amide bonds. The van der Waals surface area contributed by atoms with Crippen molar-refractivity contribution >= 4 is 18.1 Å². The maximum atomic E-state index is 9.34. The monoisotopic (exact) mass is 219 g/mol. The molecule has 1 rings (SSSR count). The highest BCUT2D eigenvalue weighted by Gasteiger charge is 2.00. The van der Waals surface area contributed by atoms with E-state index in [4.69, 9.17) is 15.6 Å². The van der Waals surface area contributed by atoms with E-state index in [-0.39, 0.29) is 38.0 Å². The van der Waals surface area contributed by atoms with Crippen molar-refractivity contribution in [3.63, 3.8) is 0 Å². The van der Waals surface area contributed by atoms with Crippen molar-refractivity contribution in [2.45, 2.75) is 6.61 Å². The Labute approximate surface area is 88.7 Å². The fraction of sp³-hybridized carbons (Fsp3) is 0.333. The summed E-state index contributed by atoms with van der Waals surface area (Å²) in [5, 5.41) is 17.8. The van der Waals surface area contributed by atoms with Crippen LogP contribution in [0.3, 0.4) is 0 Å². The van der Waals surface area contributed by atoms with E-state index in [1.54, 1.807) is 12.1 Å². The Morgan fingerprint density at radius 2 is 2.07 bits per heavy atom. The van der Waals surface area contributed by atoms with Crippen molar-refractivity contribution in [2.24, 2.45) is 0 Å². The molecule has 1 aromatic rings. The molecule has 80 valence electrons. The second-order valence-corrected chi connectivity index (χ2v) is 2.66. The zero-order valence-electron chi connectivity index (χ0n) is 7.64. The summed E-state index contributed by atoms with van der Waals surface area (Å²) in [6, 6.07) is 4.78. The predicted molar refractivity (Wildman–Crippen MR) is 56.5 cm³/mol. The topological polar surface area (TPSA) is 75.7 Å². The van der Waals surface area contributed by atoms with Gasteiger partial charge in [-0.3, -0.25) is 0 Å². The zero-order chi connectivity index (χ0) is 9.68. The molecule has 0 fully saturated rings. The summed E-state index contributed by atoms with van der Waals surface area (Å²) in [6.07, 6.45) is 0. The second kappa shape index (κ2) is 6.48. The van der Waals surface area contributed by atoms with Crippen LogP contribution in [0.1, 0.15) is 5.56 Å². The SMILES string of the molecule is Cl.Nc1ccc(O)c(COCCO)c1. The highest BCUT2D eigenvalue weighted by Crippen LogP contribution is 2.20. The summed E-state index contributed by atoms with van der Waals surface area (Å²) in [7, 11) is 0. The molecule has 0 atom stereocenters. The van der Waals surface area contributed by atoms with Gasteiger partial charge in [-0.25, -0.2) is 0 Å². The first-order valence-electron chi connectivity index (χ1n) is 4.00. The summed E-state index contributed by atoms with van der Waals surface area (Å²) < 4.78 is 5.04. The van der Waals surface area contributed by atoms with E-state index in [1.807, 2.05) is 0 Å². The first-order chi connectivity index (χ1) is 6.24. The number of benzene rings is 1. The number of anilines is 1. The highest BCUT2D eigenvalue weighted by molar-refractivity contribution is 5.85. The highest BCUT2D eigenvalue weighted by atomic mass is 35.5. The third-order valence-corrected chi connectivity index (χ3v) is 1.60. The van der Waals surface area contributed by atoms with Crippen LogP contribution in [0.25, 0.3) is 0 Å². The van der Waals surface area contributed by atoms with E-state index < -0.39 is 0 Å². The molecule has 0 aliphatic heterocycles. The van der Waals surface area contributed by atoms with Crippen LogP contribution in [-0.2, 0) is 11.3 Å². The summed E-state index contributed by atoms with van der Waals surface area (Å²) >= 11 is 0. The van der Waals surface area contributed by atoms with Gasteiger partial charge in [-0.05, 0) is 18.2 Å². The molecule has 1 aromatic carbocycles. The van der Waals surface area contributed by atoms with Gasteiger partial charge in [0.05, 0.1) is 19.8 Å². The number of aromatic hydroxyl groups is 1. The number of hydrogen-bond acceptors (Lipinski definition) is 4. The smallest absolute Gasteiger partial charge is 0.121 e. The average molecular weight is 220 g/mol. The Balaban J connectivity index is 0.00000169. The third-order valence-electron chi connectivity index (χ3n) is 1.60. The van der Waals surface area contributed by atoms with Gasteiger partial charge >= 0.3 is 0 Å². The van der Waals surface area contributed by atoms with Crippen molar-refractivity contribution in [3.05, 3.63) is 23.8 Å². The Kier molecular flexibility index (Phi) is 6.03. The summed E-state index contributed by atoms with van der Waals surface area (Å²) in [5.74, 6) is 0.159. The van der Waals surface area contributed by atoms with Crippen molar-refractivity contribution < 1.29 is 14.9 Å². The number of hydrogen-bond donors (Lipinski definition) is 3. The van der Waals surface area contributed by atoms with Gasteiger partial charge in [0.15, 0.2) is 0 Å². The molecule has 0 heterocycles. The average Bonchev–Trinajstić information content (AvgIpc) is 2.11. The minimum atomic E-state index is -0.0247. The van der Waals surface area contributed by atoms with Crippen LogP contribution in [0.4, 0.5) is 5.69 Å². The Bertz CT molecular complexity index is 281. The van der Waals surface area contributed by atoms with Crippen LogP contribution >= 0.6 is 12.4 Å². The molecule has 5 heteroatoms. The minimum Gasteiger partial charge on any atom is -0.508 e. The van der Waals surface area contributed by atoms with Gasteiger partial charge in [-0.15, -0.1) is 12.4 Å². The number of rotatable bonds is 4. The Morgan fingerprint density at radius 3 is 2.71 bits per heavy atom. The van der Waals surface area contributed by atoms with Crippen LogP contribution in [0.5, 0.6) is 5.75 Å². The fourth-order valence-corrected chi connectivity index (χ4v) is 0.968. The number of aliphatic hydroxyl groups is 1. The lowest BCUT2D eigenvalue weighted by Gasteiger charge is -2.05. The van der Waals surface area contributed by atoms with Gasteiger partial charge in [-0.1, -0.05) is 0 Å². The van der Waals surface area contributed by atoms with Gasteiger partial charge < -0.3 is 20.7 Å². The van der Waals surface area contributed by atoms with Gasteiger partial charge in [0.1, 0.15) is 5.75 Å². The fourth-order valence-electron chi connectivity index (χ4n) is 0.968. The molecule has 4 nitrogen and oxygen atoms in total. The summed E-state index contributed by atoms with van der Waals surface area (Å²) in [6.45, 7) is 0.495. The first kappa shape index (κ1) is 13.0. The first-order valence-corrected chi connectivity index (χ1v) is 4.00. The van der Waals surface area contributed by atoms with E-state index in [9.17, 15) is 5.11 Å². The van der Waals surface area contributed by atoms with Crippen LogP contribution in [-0.4, -0.2) is 23.4 Å². The van der Waals surface area contributed by atoms with Crippen LogP contribution < -0.4 is 5.73 Å². The molecule has 0 radical (unpaired) electrons. The van der Waals surface area contributed by atoms with E-state index in [0.717, 1.165) is 0 Å². The zero-order valence-corrected chi connectivity index (χ0v) is 8.46. The van der Waals surface area contributed by atoms with E-state index >= 15 is 0 Å². The third kappa shape index (κ3) is 3.83. The number of nitrogens with two attached hydrogens (primary N) is 1. The van der Waals surface area contributed by atoms with Crippen molar-refractivity contribution in [3.8, 4) is 5.75 Å². The Hall–Kier alpha value is -0.970. The van der Waals surface area contributed by atoms with Crippen molar-refractivity contribution in [2.75, 3.05) is 18.9 Å². The van der Waals surface area contributed by atoms with Gasteiger partial charge in [0.2, 0.25) is 0 Å². The molecule has 0 unspecified atom stereocenters. The van der Waals surface area contributed by atoms with Crippen LogP contribution in [0.2, 0.25) is 0 Å². The lowest BCUT2D eigenvalue weighted by Crippen LogP contribution is -2.00. The molecule has 14 heavy (non-hydrogen) atoms. The molecule has 0 spiro atoms. The van der Waals surface area contributed by atoms with Crippen molar-refractivity contribution in [1.82, 2.24) is 0 Å². The van der Waals surface area contributed by atoms with Crippen LogP contribution in [0.15, 0.2) is 18.2 Å². The summed E-state index contributed by atoms with van der Waals surface area (Å²) in [4.78, 5) is 0. The van der Waals surface area contributed by atoms with Gasteiger partial charge in [-0.2, -0.15) is 0 Å². The lowest BCUT2D eigenvalue weighted by atomic mass is 10.2. The molecular weight excluding hydrogens is 206 g/mol. The number of ether oxygens (including phenoxy) is 1. The van der Waals surface area contributed by atoms with E-state index in [0.29, 0.717) is 11.3 Å². The minimum absolute atomic E-state index is 0. The quantitative estimate of drug-likeness (QED) is 0.400. The van der Waals surface area contributed by atoms with Gasteiger partial charge in [0, 0.05) is 11.3 Å². The van der Waals surface area contributed by atoms with E-state index in [2.05, 4.69) is 0 Å². The normalized spacial score (nSPS) is 9.50. The Morgan fingerprint density at radius 1 is 1.36 bits per heavy atom. The maximum Gasteiger partial charge on any atom is 0.121 e. The molecule has 0 aromatic heterocycles. The molecule has 0 saturated heterocycles. The standard InChI is InChI=1S/C9H13NO3.ClH/c10-8-1-2-9(12)7(5-8)6-13-4-3-11;/h1-2,5,11-12H,3-4,6,10H2;1H. The molecule has 4 N–H and O–H groups in total.